The fraction of sp³-hybridized carbons (Fsp3) is 1.00. The molecule has 5 nitrogen and oxygen atoms in total. The second kappa shape index (κ2) is 5.06. The molecule has 0 saturated heterocycles. The number of hydrogen-bond donors (Lipinski definition) is 2. The van der Waals surface area contributed by atoms with Gasteiger partial charge in [0.25, 0.3) is 0 Å². The van der Waals surface area contributed by atoms with E-state index in [1.54, 1.807) is 0 Å². The third-order valence-corrected chi connectivity index (χ3v) is 2.85. The Kier molecular flexibility index (Phi) is 4.31. The third-order valence-electron chi connectivity index (χ3n) is 2.45. The lowest BCUT2D eigenvalue weighted by atomic mass is 9.93. The van der Waals surface area contributed by atoms with E-state index < -0.39 is 10.0 Å². The molecule has 0 amide bonds. The van der Waals surface area contributed by atoms with Crippen molar-refractivity contribution in [2.75, 3.05) is 13.3 Å². The van der Waals surface area contributed by atoms with Gasteiger partial charge in [0.1, 0.15) is 0 Å². The first kappa shape index (κ1) is 11.9. The van der Waals surface area contributed by atoms with Crippen LogP contribution in [-0.4, -0.2) is 33.9 Å². The molecule has 1 aliphatic rings. The summed E-state index contributed by atoms with van der Waals surface area (Å²) in [7, 11) is -1.29. The van der Waals surface area contributed by atoms with Crippen molar-refractivity contribution >= 4 is 10.0 Å². The second-order valence-corrected chi connectivity index (χ2v) is 5.45. The van der Waals surface area contributed by atoms with Gasteiger partial charge in [-0.1, -0.05) is 4.89 Å². The van der Waals surface area contributed by atoms with Crippen molar-refractivity contribution in [1.29, 1.82) is 0 Å². The van der Waals surface area contributed by atoms with Crippen LogP contribution >= 0.6 is 0 Å². The lowest BCUT2D eigenvalue weighted by Gasteiger charge is -2.27. The van der Waals surface area contributed by atoms with Gasteiger partial charge >= 0.3 is 0 Å². The molecule has 0 atom stereocenters. The molecule has 6 heteroatoms. The van der Waals surface area contributed by atoms with E-state index in [4.69, 9.17) is 4.84 Å². The van der Waals surface area contributed by atoms with Gasteiger partial charge in [-0.05, 0) is 32.7 Å². The maximum atomic E-state index is 10.7. The molecule has 0 bridgehead atoms. The number of hydrogen-bond acceptors (Lipinski definition) is 4. The average molecular weight is 222 g/mol. The fourth-order valence-electron chi connectivity index (χ4n) is 1.62. The molecule has 1 fully saturated rings. The second-order valence-electron chi connectivity index (χ2n) is 3.74. The molecule has 0 aromatic carbocycles. The Morgan fingerprint density at radius 1 is 1.21 bits per heavy atom. The molecule has 1 rings (SSSR count). The van der Waals surface area contributed by atoms with Crippen LogP contribution < -0.4 is 10.2 Å². The fourth-order valence-corrected chi connectivity index (χ4v) is 1.94. The Hall–Kier alpha value is -0.170. The molecule has 0 aromatic heterocycles. The Morgan fingerprint density at radius 3 is 2.21 bits per heavy atom. The molecular weight excluding hydrogens is 204 g/mol. The number of rotatable bonds is 4. The highest BCUT2D eigenvalue weighted by atomic mass is 32.2. The van der Waals surface area contributed by atoms with E-state index in [0.29, 0.717) is 6.04 Å². The van der Waals surface area contributed by atoms with Crippen LogP contribution in [0.15, 0.2) is 0 Å². The van der Waals surface area contributed by atoms with Crippen LogP contribution in [0.1, 0.15) is 25.7 Å². The van der Waals surface area contributed by atoms with Gasteiger partial charge in [-0.25, -0.2) is 8.42 Å². The molecule has 1 saturated carbocycles. The van der Waals surface area contributed by atoms with Gasteiger partial charge in [0.15, 0.2) is 0 Å². The summed E-state index contributed by atoms with van der Waals surface area (Å²) in [6.45, 7) is 0. The molecule has 1 aliphatic carbocycles. The first-order valence-electron chi connectivity index (χ1n) is 4.81. The first-order chi connectivity index (χ1) is 6.51. The van der Waals surface area contributed by atoms with Gasteiger partial charge in [-0.15, -0.1) is 0 Å². The first-order valence-corrected chi connectivity index (χ1v) is 6.70. The van der Waals surface area contributed by atoms with Crippen LogP contribution in [0.2, 0.25) is 0 Å². The summed E-state index contributed by atoms with van der Waals surface area (Å²) in [6, 6.07) is 0.549. The van der Waals surface area contributed by atoms with E-state index in [1.807, 2.05) is 7.05 Å². The lowest BCUT2D eigenvalue weighted by molar-refractivity contribution is -0.00785. The maximum Gasteiger partial charge on any atom is 0.230 e. The third kappa shape index (κ3) is 4.36. The van der Waals surface area contributed by atoms with Gasteiger partial charge in [0.2, 0.25) is 10.0 Å². The average Bonchev–Trinajstić information content (AvgIpc) is 2.14. The summed E-state index contributed by atoms with van der Waals surface area (Å²) < 4.78 is 21.5. The summed E-state index contributed by atoms with van der Waals surface area (Å²) >= 11 is 0. The highest BCUT2D eigenvalue weighted by molar-refractivity contribution is 7.88. The van der Waals surface area contributed by atoms with Crippen molar-refractivity contribution in [3.63, 3.8) is 0 Å². The van der Waals surface area contributed by atoms with Gasteiger partial charge in [-0.3, -0.25) is 4.84 Å². The predicted octanol–water partition coefficient (Wildman–Crippen LogP) is -0.00220. The Morgan fingerprint density at radius 2 is 1.79 bits per heavy atom. The minimum Gasteiger partial charge on any atom is -0.317 e. The van der Waals surface area contributed by atoms with Gasteiger partial charge in [0, 0.05) is 6.04 Å². The topological polar surface area (TPSA) is 67.4 Å². The highest BCUT2D eigenvalue weighted by Gasteiger charge is 2.21. The van der Waals surface area contributed by atoms with E-state index >= 15 is 0 Å². The largest absolute Gasteiger partial charge is 0.317 e. The lowest BCUT2D eigenvalue weighted by Crippen LogP contribution is -2.36. The SMILES string of the molecule is CNC1CCC(ONS(C)(=O)=O)CC1. The summed E-state index contributed by atoms with van der Waals surface area (Å²) in [4.78, 5) is 7.15. The molecule has 14 heavy (non-hydrogen) atoms. The van der Waals surface area contributed by atoms with Gasteiger partial charge < -0.3 is 5.32 Å². The standard InChI is InChI=1S/C8H18N2O3S/c1-9-7-3-5-8(6-4-7)13-10-14(2,11)12/h7-10H,3-6H2,1-2H3. The van der Waals surface area contributed by atoms with E-state index in [0.717, 1.165) is 31.9 Å². The van der Waals surface area contributed by atoms with Crippen LogP contribution in [-0.2, 0) is 14.9 Å². The zero-order valence-electron chi connectivity index (χ0n) is 8.62. The Balaban J connectivity index is 2.23. The van der Waals surface area contributed by atoms with Crippen molar-refractivity contribution in [3.8, 4) is 0 Å². The highest BCUT2D eigenvalue weighted by Crippen LogP contribution is 2.20. The molecule has 0 radical (unpaired) electrons. The van der Waals surface area contributed by atoms with Crippen molar-refractivity contribution in [2.24, 2.45) is 0 Å². The normalized spacial score (nSPS) is 29.0. The van der Waals surface area contributed by atoms with E-state index in [-0.39, 0.29) is 6.10 Å². The Labute approximate surface area is 85.2 Å². The van der Waals surface area contributed by atoms with Crippen molar-refractivity contribution in [3.05, 3.63) is 0 Å². The zero-order valence-corrected chi connectivity index (χ0v) is 9.43. The minimum atomic E-state index is -3.23. The molecule has 0 aliphatic heterocycles. The smallest absolute Gasteiger partial charge is 0.230 e. The van der Waals surface area contributed by atoms with E-state index in [2.05, 4.69) is 10.2 Å². The molecule has 2 N–H and O–H groups in total. The minimum absolute atomic E-state index is 0.0225. The van der Waals surface area contributed by atoms with Crippen LogP contribution in [0.25, 0.3) is 0 Å². The van der Waals surface area contributed by atoms with Crippen molar-refractivity contribution < 1.29 is 13.3 Å². The molecule has 0 spiro atoms. The van der Waals surface area contributed by atoms with Crippen molar-refractivity contribution in [2.45, 2.75) is 37.8 Å². The monoisotopic (exact) mass is 222 g/mol. The molecule has 0 unspecified atom stereocenters. The van der Waals surface area contributed by atoms with E-state index in [1.165, 1.54) is 0 Å². The van der Waals surface area contributed by atoms with Gasteiger partial charge in [0.05, 0.1) is 12.4 Å². The zero-order chi connectivity index (χ0) is 10.6. The Bertz CT molecular complexity index is 258. The summed E-state index contributed by atoms with van der Waals surface area (Å²) in [5.41, 5.74) is 0. The van der Waals surface area contributed by atoms with E-state index in [9.17, 15) is 8.42 Å². The van der Waals surface area contributed by atoms with Crippen LogP contribution in [0.5, 0.6) is 0 Å². The number of sulfonamides is 1. The quantitative estimate of drug-likeness (QED) is 0.657. The molecule has 0 aromatic rings. The summed E-state index contributed by atoms with van der Waals surface area (Å²) in [6.07, 6.45) is 4.97. The van der Waals surface area contributed by atoms with Crippen LogP contribution in [0, 0.1) is 0 Å². The number of nitrogens with one attached hydrogen (secondary N) is 2. The molecular formula is C8H18N2O3S. The summed E-state index contributed by atoms with van der Waals surface area (Å²) in [5, 5.41) is 3.20. The van der Waals surface area contributed by atoms with Crippen molar-refractivity contribution in [1.82, 2.24) is 10.2 Å². The van der Waals surface area contributed by atoms with Gasteiger partial charge in [-0.2, -0.15) is 0 Å². The molecule has 0 heterocycles. The van der Waals surface area contributed by atoms with Crippen LogP contribution in [0.3, 0.4) is 0 Å². The summed E-state index contributed by atoms with van der Waals surface area (Å²) in [5.74, 6) is 0. The predicted molar refractivity (Wildman–Crippen MR) is 54.2 cm³/mol. The molecule has 84 valence electrons. The van der Waals surface area contributed by atoms with Crippen LogP contribution in [0.4, 0.5) is 0 Å². The maximum absolute atomic E-state index is 10.7.